The third-order valence-corrected chi connectivity index (χ3v) is 4.16. The number of carbonyl (C=O) groups excluding carboxylic acids is 1. The third kappa shape index (κ3) is 3.59. The molecule has 0 spiro atoms. The maximum absolute atomic E-state index is 11.9. The van der Waals surface area contributed by atoms with E-state index >= 15 is 0 Å². The van der Waals surface area contributed by atoms with Crippen molar-refractivity contribution in [3.8, 4) is 0 Å². The molecule has 1 saturated carbocycles. The molecule has 3 atom stereocenters. The lowest BCUT2D eigenvalue weighted by Gasteiger charge is -2.32. The molecule has 0 radical (unpaired) electrons. The number of hydrogen-bond acceptors (Lipinski definition) is 2. The second-order valence-electron chi connectivity index (χ2n) is 5.49. The van der Waals surface area contributed by atoms with Crippen molar-refractivity contribution in [2.45, 2.75) is 53.0 Å². The fraction of sp³-hybridized carbons (Fsp3) is 0.714. The summed E-state index contributed by atoms with van der Waals surface area (Å²) in [7, 11) is 0. The minimum atomic E-state index is -1.03. The van der Waals surface area contributed by atoms with Crippen LogP contribution in [0.3, 0.4) is 0 Å². The van der Waals surface area contributed by atoms with Crippen LogP contribution in [0.4, 0.5) is 0 Å². The van der Waals surface area contributed by atoms with Crippen molar-refractivity contribution in [1.29, 1.82) is 0 Å². The Morgan fingerprint density at radius 3 is 2.17 bits per heavy atom. The SMILES string of the molecule is CC(C(=O)O)=C(C)C(=O)NC1CCC(C)C(C)C1. The van der Waals surface area contributed by atoms with Gasteiger partial charge in [0.05, 0.1) is 0 Å². The topological polar surface area (TPSA) is 66.4 Å². The molecular weight excluding hydrogens is 230 g/mol. The van der Waals surface area contributed by atoms with E-state index in [1.807, 2.05) is 0 Å². The van der Waals surface area contributed by atoms with E-state index < -0.39 is 5.97 Å². The van der Waals surface area contributed by atoms with Crippen LogP contribution in [0.25, 0.3) is 0 Å². The van der Waals surface area contributed by atoms with Crippen molar-refractivity contribution in [1.82, 2.24) is 5.32 Å². The first kappa shape index (κ1) is 14.7. The number of carbonyl (C=O) groups is 2. The van der Waals surface area contributed by atoms with Crippen molar-refractivity contribution in [3.05, 3.63) is 11.1 Å². The Balaban J connectivity index is 2.61. The highest BCUT2D eigenvalue weighted by molar-refractivity contribution is 6.01. The first-order valence-electron chi connectivity index (χ1n) is 6.54. The summed E-state index contributed by atoms with van der Waals surface area (Å²) in [5, 5.41) is 11.8. The van der Waals surface area contributed by atoms with E-state index in [0.29, 0.717) is 17.4 Å². The molecule has 1 aliphatic carbocycles. The average molecular weight is 253 g/mol. The molecule has 0 aliphatic heterocycles. The molecule has 2 N–H and O–H groups in total. The summed E-state index contributed by atoms with van der Waals surface area (Å²) in [6, 6.07) is 0.181. The van der Waals surface area contributed by atoms with Gasteiger partial charge in [-0.3, -0.25) is 4.79 Å². The molecule has 0 aromatic carbocycles. The predicted octanol–water partition coefficient (Wildman–Crippen LogP) is 2.35. The molecule has 0 aromatic rings. The van der Waals surface area contributed by atoms with E-state index in [1.165, 1.54) is 6.92 Å². The summed E-state index contributed by atoms with van der Waals surface area (Å²) < 4.78 is 0. The molecule has 1 rings (SSSR count). The van der Waals surface area contributed by atoms with Crippen LogP contribution in [0, 0.1) is 11.8 Å². The predicted molar refractivity (Wildman–Crippen MR) is 70.1 cm³/mol. The molecule has 0 aromatic heterocycles. The highest BCUT2D eigenvalue weighted by Gasteiger charge is 2.26. The largest absolute Gasteiger partial charge is 0.478 e. The van der Waals surface area contributed by atoms with E-state index in [1.54, 1.807) is 6.92 Å². The summed E-state index contributed by atoms with van der Waals surface area (Å²) in [4.78, 5) is 22.7. The van der Waals surface area contributed by atoms with Crippen molar-refractivity contribution in [2.75, 3.05) is 0 Å². The Morgan fingerprint density at radius 1 is 1.06 bits per heavy atom. The number of aliphatic carboxylic acids is 1. The van der Waals surface area contributed by atoms with Crippen molar-refractivity contribution in [3.63, 3.8) is 0 Å². The summed E-state index contributed by atoms with van der Waals surface area (Å²) >= 11 is 0. The van der Waals surface area contributed by atoms with E-state index in [0.717, 1.165) is 19.3 Å². The Bertz CT molecular complexity index is 373. The lowest BCUT2D eigenvalue weighted by atomic mass is 9.79. The van der Waals surface area contributed by atoms with E-state index in [9.17, 15) is 9.59 Å². The Kier molecular flexibility index (Phi) is 4.93. The quantitative estimate of drug-likeness (QED) is 0.759. The van der Waals surface area contributed by atoms with Crippen LogP contribution in [0.1, 0.15) is 47.0 Å². The molecule has 0 heterocycles. The van der Waals surface area contributed by atoms with E-state index in [2.05, 4.69) is 19.2 Å². The minimum absolute atomic E-state index is 0.115. The lowest BCUT2D eigenvalue weighted by Crippen LogP contribution is -2.40. The highest BCUT2D eigenvalue weighted by atomic mass is 16.4. The maximum Gasteiger partial charge on any atom is 0.331 e. The van der Waals surface area contributed by atoms with Gasteiger partial charge in [-0.05, 0) is 44.9 Å². The van der Waals surface area contributed by atoms with Crippen molar-refractivity contribution < 1.29 is 14.7 Å². The van der Waals surface area contributed by atoms with Gasteiger partial charge in [0.15, 0.2) is 0 Å². The first-order valence-corrected chi connectivity index (χ1v) is 6.54. The minimum Gasteiger partial charge on any atom is -0.478 e. The van der Waals surface area contributed by atoms with Gasteiger partial charge >= 0.3 is 5.97 Å². The Morgan fingerprint density at radius 2 is 1.67 bits per heavy atom. The maximum atomic E-state index is 11.9. The number of carboxylic acid groups (broad SMARTS) is 1. The molecule has 4 heteroatoms. The normalized spacial score (nSPS) is 29.4. The Labute approximate surface area is 108 Å². The van der Waals surface area contributed by atoms with E-state index in [-0.39, 0.29) is 17.5 Å². The summed E-state index contributed by atoms with van der Waals surface area (Å²) in [6.07, 6.45) is 3.08. The second-order valence-corrected chi connectivity index (χ2v) is 5.49. The average Bonchev–Trinajstić information content (AvgIpc) is 2.31. The Hall–Kier alpha value is -1.32. The van der Waals surface area contributed by atoms with Crippen LogP contribution < -0.4 is 5.32 Å². The number of nitrogens with one attached hydrogen (secondary N) is 1. The smallest absolute Gasteiger partial charge is 0.331 e. The molecular formula is C14H23NO3. The third-order valence-electron chi connectivity index (χ3n) is 4.16. The van der Waals surface area contributed by atoms with Gasteiger partial charge in [0.25, 0.3) is 0 Å². The van der Waals surface area contributed by atoms with Crippen LogP contribution in [0.2, 0.25) is 0 Å². The van der Waals surface area contributed by atoms with Gasteiger partial charge in [0.1, 0.15) is 0 Å². The van der Waals surface area contributed by atoms with Crippen LogP contribution in [0.15, 0.2) is 11.1 Å². The zero-order valence-electron chi connectivity index (χ0n) is 11.6. The first-order chi connectivity index (χ1) is 8.32. The van der Waals surface area contributed by atoms with Gasteiger partial charge in [0, 0.05) is 17.2 Å². The monoisotopic (exact) mass is 253 g/mol. The van der Waals surface area contributed by atoms with Crippen molar-refractivity contribution in [2.24, 2.45) is 11.8 Å². The van der Waals surface area contributed by atoms with Crippen LogP contribution in [0.5, 0.6) is 0 Å². The molecule has 1 aliphatic rings. The van der Waals surface area contributed by atoms with Gasteiger partial charge in [-0.25, -0.2) is 4.79 Å². The number of carboxylic acids is 1. The molecule has 0 saturated heterocycles. The van der Waals surface area contributed by atoms with Crippen LogP contribution >= 0.6 is 0 Å². The van der Waals surface area contributed by atoms with Gasteiger partial charge in [-0.2, -0.15) is 0 Å². The fourth-order valence-electron chi connectivity index (χ4n) is 2.30. The van der Waals surface area contributed by atoms with Crippen LogP contribution in [-0.4, -0.2) is 23.0 Å². The zero-order chi connectivity index (χ0) is 13.9. The molecule has 18 heavy (non-hydrogen) atoms. The molecule has 4 nitrogen and oxygen atoms in total. The second kappa shape index (κ2) is 6.03. The molecule has 0 bridgehead atoms. The standard InChI is InChI=1S/C14H23NO3/c1-8-5-6-12(7-9(8)2)15-13(16)10(3)11(4)14(17)18/h8-9,12H,5-7H2,1-4H3,(H,15,16)(H,17,18). The van der Waals surface area contributed by atoms with Crippen molar-refractivity contribution >= 4 is 11.9 Å². The number of amides is 1. The van der Waals surface area contributed by atoms with Gasteiger partial charge in [0.2, 0.25) is 5.91 Å². The van der Waals surface area contributed by atoms with Gasteiger partial charge < -0.3 is 10.4 Å². The zero-order valence-corrected chi connectivity index (χ0v) is 11.6. The fourth-order valence-corrected chi connectivity index (χ4v) is 2.30. The summed E-state index contributed by atoms with van der Waals surface area (Å²) in [5.41, 5.74) is 0.415. The van der Waals surface area contributed by atoms with Crippen LogP contribution in [-0.2, 0) is 9.59 Å². The molecule has 3 unspecified atom stereocenters. The molecule has 1 fully saturated rings. The molecule has 102 valence electrons. The van der Waals surface area contributed by atoms with E-state index in [4.69, 9.17) is 5.11 Å². The lowest BCUT2D eigenvalue weighted by molar-refractivity contribution is -0.133. The summed E-state index contributed by atoms with van der Waals surface area (Å²) in [6.45, 7) is 7.47. The summed E-state index contributed by atoms with van der Waals surface area (Å²) in [5.74, 6) is 0.0272. The highest BCUT2D eigenvalue weighted by Crippen LogP contribution is 2.29. The number of hydrogen-bond donors (Lipinski definition) is 2. The van der Waals surface area contributed by atoms with Gasteiger partial charge in [-0.1, -0.05) is 13.8 Å². The van der Waals surface area contributed by atoms with Gasteiger partial charge in [-0.15, -0.1) is 0 Å². The number of rotatable bonds is 3. The molecule has 1 amide bonds.